The first-order valence-electron chi connectivity index (χ1n) is 8.13. The topological polar surface area (TPSA) is 54.7 Å². The van der Waals surface area contributed by atoms with Gasteiger partial charge in [-0.25, -0.2) is 0 Å². The van der Waals surface area contributed by atoms with Crippen LogP contribution < -0.4 is 10.1 Å². The number of amides is 1. The monoisotopic (exact) mass is 338 g/mol. The molecule has 5 nitrogen and oxygen atoms in total. The molecule has 130 valence electrons. The van der Waals surface area contributed by atoms with E-state index < -0.39 is 0 Å². The third-order valence-electron chi connectivity index (χ3n) is 3.92. The van der Waals surface area contributed by atoms with E-state index in [2.05, 4.69) is 10.2 Å². The first kappa shape index (κ1) is 17.0. The fraction of sp³-hybridized carbons (Fsp3) is 0.250. The standard InChI is InChI=1S/C20H22N2O3/c1-22(2)12-14-5-4-6-16(9-14)21-20(23)10-15-13-25-19-11-17(24-3)7-8-18(15)19/h4-9,11,13H,10,12H2,1-3H3,(H,21,23). The van der Waals surface area contributed by atoms with Gasteiger partial charge in [-0.15, -0.1) is 0 Å². The van der Waals surface area contributed by atoms with Crippen molar-refractivity contribution in [2.24, 2.45) is 0 Å². The maximum Gasteiger partial charge on any atom is 0.228 e. The summed E-state index contributed by atoms with van der Waals surface area (Å²) in [6.07, 6.45) is 1.89. The number of benzene rings is 2. The molecule has 0 aliphatic heterocycles. The SMILES string of the molecule is COc1ccc2c(CC(=O)Nc3cccc(CN(C)C)c3)coc2c1. The van der Waals surface area contributed by atoms with Crippen LogP contribution in [0.25, 0.3) is 11.0 Å². The van der Waals surface area contributed by atoms with Crippen molar-refractivity contribution < 1.29 is 13.9 Å². The highest BCUT2D eigenvalue weighted by Crippen LogP contribution is 2.26. The summed E-state index contributed by atoms with van der Waals surface area (Å²) in [4.78, 5) is 14.5. The zero-order valence-corrected chi connectivity index (χ0v) is 14.7. The van der Waals surface area contributed by atoms with Gasteiger partial charge in [-0.2, -0.15) is 0 Å². The van der Waals surface area contributed by atoms with E-state index in [1.54, 1.807) is 13.4 Å². The third kappa shape index (κ3) is 4.19. The minimum atomic E-state index is -0.0690. The average Bonchev–Trinajstić information content (AvgIpc) is 2.96. The summed E-state index contributed by atoms with van der Waals surface area (Å²) in [5.74, 6) is 0.663. The lowest BCUT2D eigenvalue weighted by atomic mass is 10.1. The van der Waals surface area contributed by atoms with E-state index >= 15 is 0 Å². The van der Waals surface area contributed by atoms with Crippen LogP contribution >= 0.6 is 0 Å². The molecule has 1 N–H and O–H groups in total. The number of ether oxygens (including phenoxy) is 1. The minimum Gasteiger partial charge on any atom is -0.497 e. The maximum atomic E-state index is 12.4. The summed E-state index contributed by atoms with van der Waals surface area (Å²) in [7, 11) is 5.65. The molecule has 5 heteroatoms. The molecule has 3 aromatic rings. The summed E-state index contributed by atoms with van der Waals surface area (Å²) >= 11 is 0. The van der Waals surface area contributed by atoms with Gasteiger partial charge in [0.2, 0.25) is 5.91 Å². The minimum absolute atomic E-state index is 0.0690. The zero-order valence-electron chi connectivity index (χ0n) is 14.7. The van der Waals surface area contributed by atoms with Crippen molar-refractivity contribution in [1.29, 1.82) is 0 Å². The van der Waals surface area contributed by atoms with Crippen LogP contribution in [0, 0.1) is 0 Å². The van der Waals surface area contributed by atoms with Crippen LogP contribution in [-0.2, 0) is 17.8 Å². The molecule has 0 aliphatic rings. The number of carbonyl (C=O) groups excluding carboxylic acids is 1. The number of nitrogens with zero attached hydrogens (tertiary/aromatic N) is 1. The Bertz CT molecular complexity index is 884. The predicted molar refractivity (Wildman–Crippen MR) is 98.9 cm³/mol. The van der Waals surface area contributed by atoms with Gasteiger partial charge >= 0.3 is 0 Å². The maximum absolute atomic E-state index is 12.4. The number of methoxy groups -OCH3 is 1. The van der Waals surface area contributed by atoms with E-state index in [1.807, 2.05) is 56.6 Å². The van der Waals surface area contributed by atoms with Crippen LogP contribution in [0.5, 0.6) is 5.75 Å². The number of furan rings is 1. The molecule has 1 amide bonds. The van der Waals surface area contributed by atoms with Crippen molar-refractivity contribution in [1.82, 2.24) is 4.90 Å². The Morgan fingerprint density at radius 1 is 1.20 bits per heavy atom. The lowest BCUT2D eigenvalue weighted by Gasteiger charge is -2.11. The Morgan fingerprint density at radius 3 is 2.80 bits per heavy atom. The molecule has 0 atom stereocenters. The number of carbonyl (C=O) groups is 1. The van der Waals surface area contributed by atoms with Crippen LogP contribution in [0.4, 0.5) is 5.69 Å². The smallest absolute Gasteiger partial charge is 0.228 e. The highest BCUT2D eigenvalue weighted by atomic mass is 16.5. The van der Waals surface area contributed by atoms with E-state index in [9.17, 15) is 4.79 Å². The van der Waals surface area contributed by atoms with Gasteiger partial charge in [-0.05, 0) is 43.9 Å². The summed E-state index contributed by atoms with van der Waals surface area (Å²) < 4.78 is 10.7. The van der Waals surface area contributed by atoms with Crippen molar-refractivity contribution >= 4 is 22.6 Å². The summed E-state index contributed by atoms with van der Waals surface area (Å²) in [6, 6.07) is 13.5. The first-order valence-corrected chi connectivity index (χ1v) is 8.13. The Labute approximate surface area is 147 Å². The van der Waals surface area contributed by atoms with E-state index in [-0.39, 0.29) is 12.3 Å². The van der Waals surface area contributed by atoms with Gasteiger partial charge in [-0.3, -0.25) is 4.79 Å². The molecule has 25 heavy (non-hydrogen) atoms. The molecule has 3 rings (SSSR count). The Balaban J connectivity index is 1.70. The number of anilines is 1. The quantitative estimate of drug-likeness (QED) is 0.745. The number of hydrogen-bond donors (Lipinski definition) is 1. The normalized spacial score (nSPS) is 11.0. The number of fused-ring (bicyclic) bond motifs is 1. The second-order valence-corrected chi connectivity index (χ2v) is 6.29. The second kappa shape index (κ2) is 7.40. The van der Waals surface area contributed by atoms with Gasteiger partial charge in [-0.1, -0.05) is 12.1 Å². The lowest BCUT2D eigenvalue weighted by molar-refractivity contribution is -0.115. The summed E-state index contributed by atoms with van der Waals surface area (Å²) in [5.41, 5.74) is 3.54. The van der Waals surface area contributed by atoms with Gasteiger partial charge in [0.05, 0.1) is 19.8 Å². The van der Waals surface area contributed by atoms with Crippen LogP contribution in [0.15, 0.2) is 53.1 Å². The lowest BCUT2D eigenvalue weighted by Crippen LogP contribution is -2.15. The molecule has 0 fully saturated rings. The highest BCUT2D eigenvalue weighted by molar-refractivity contribution is 5.95. The second-order valence-electron chi connectivity index (χ2n) is 6.29. The van der Waals surface area contributed by atoms with Gasteiger partial charge < -0.3 is 19.4 Å². The molecule has 1 aromatic heterocycles. The molecule has 0 aliphatic carbocycles. The molecule has 0 saturated carbocycles. The zero-order chi connectivity index (χ0) is 17.8. The number of hydrogen-bond acceptors (Lipinski definition) is 4. The van der Waals surface area contributed by atoms with Gasteiger partial charge in [0.15, 0.2) is 0 Å². The van der Waals surface area contributed by atoms with Gasteiger partial charge in [0, 0.05) is 29.2 Å². The third-order valence-corrected chi connectivity index (χ3v) is 3.92. The molecule has 0 saturated heterocycles. The van der Waals surface area contributed by atoms with Crippen molar-refractivity contribution in [3.63, 3.8) is 0 Å². The van der Waals surface area contributed by atoms with Crippen LogP contribution in [0.2, 0.25) is 0 Å². The largest absolute Gasteiger partial charge is 0.497 e. The highest BCUT2D eigenvalue weighted by Gasteiger charge is 2.11. The van der Waals surface area contributed by atoms with Gasteiger partial charge in [0.1, 0.15) is 11.3 Å². The van der Waals surface area contributed by atoms with Gasteiger partial charge in [0.25, 0.3) is 0 Å². The average molecular weight is 338 g/mol. The molecular weight excluding hydrogens is 316 g/mol. The van der Waals surface area contributed by atoms with Crippen LogP contribution in [-0.4, -0.2) is 32.0 Å². The number of rotatable bonds is 6. The molecule has 2 aromatic carbocycles. The van der Waals surface area contributed by atoms with E-state index in [4.69, 9.17) is 9.15 Å². The molecule has 0 radical (unpaired) electrons. The number of nitrogens with one attached hydrogen (secondary N) is 1. The molecular formula is C20H22N2O3. The summed E-state index contributed by atoms with van der Waals surface area (Å²) in [5, 5.41) is 3.89. The van der Waals surface area contributed by atoms with Crippen molar-refractivity contribution in [3.8, 4) is 5.75 Å². The Kier molecular flexibility index (Phi) is 5.05. The Hall–Kier alpha value is -2.79. The van der Waals surface area contributed by atoms with Crippen LogP contribution in [0.3, 0.4) is 0 Å². The fourth-order valence-electron chi connectivity index (χ4n) is 2.82. The molecule has 1 heterocycles. The van der Waals surface area contributed by atoms with E-state index in [0.29, 0.717) is 0 Å². The van der Waals surface area contributed by atoms with Crippen molar-refractivity contribution in [3.05, 3.63) is 59.9 Å². The van der Waals surface area contributed by atoms with E-state index in [0.717, 1.165) is 40.1 Å². The first-order chi connectivity index (χ1) is 12.0. The molecule has 0 bridgehead atoms. The van der Waals surface area contributed by atoms with Crippen molar-refractivity contribution in [2.45, 2.75) is 13.0 Å². The molecule has 0 spiro atoms. The Morgan fingerprint density at radius 2 is 2.04 bits per heavy atom. The molecule has 0 unspecified atom stereocenters. The van der Waals surface area contributed by atoms with E-state index in [1.165, 1.54) is 0 Å². The summed E-state index contributed by atoms with van der Waals surface area (Å²) in [6.45, 7) is 0.831. The predicted octanol–water partition coefficient (Wildman–Crippen LogP) is 3.68. The van der Waals surface area contributed by atoms with Crippen molar-refractivity contribution in [2.75, 3.05) is 26.5 Å². The van der Waals surface area contributed by atoms with Crippen LogP contribution in [0.1, 0.15) is 11.1 Å². The fourth-order valence-corrected chi connectivity index (χ4v) is 2.82.